The van der Waals surface area contributed by atoms with Gasteiger partial charge in [-0.3, -0.25) is 4.68 Å². The van der Waals surface area contributed by atoms with Crippen molar-refractivity contribution >= 4 is 0 Å². The Balaban J connectivity index is 2.02. The topological polar surface area (TPSA) is 41.6 Å². The molecular formula is C10H13N3. The number of aryl methyl sites for hydroxylation is 1. The fourth-order valence-electron chi connectivity index (χ4n) is 1.63. The summed E-state index contributed by atoms with van der Waals surface area (Å²) >= 11 is 0. The third-order valence-corrected chi connectivity index (χ3v) is 2.67. The van der Waals surface area contributed by atoms with Crippen LogP contribution < -0.4 is 0 Å². The van der Waals surface area contributed by atoms with E-state index in [4.69, 9.17) is 5.26 Å². The van der Waals surface area contributed by atoms with Gasteiger partial charge in [0.2, 0.25) is 0 Å². The summed E-state index contributed by atoms with van der Waals surface area (Å²) in [6.45, 7) is 2.95. The van der Waals surface area contributed by atoms with Crippen molar-refractivity contribution in [2.24, 2.45) is 5.41 Å². The van der Waals surface area contributed by atoms with Crippen LogP contribution in [0.3, 0.4) is 0 Å². The van der Waals surface area contributed by atoms with Crippen LogP contribution in [0, 0.1) is 23.7 Å². The summed E-state index contributed by atoms with van der Waals surface area (Å²) in [5, 5.41) is 12.9. The predicted octanol–water partition coefficient (Wildman–Crippen LogP) is 1.89. The standard InChI is InChI=1S/C10H13N3/c1-9-6-12-13(7-9)8-10(2-3-10)4-5-11/h6-7H,2-4,8H2,1H3. The van der Waals surface area contributed by atoms with Crippen molar-refractivity contribution in [3.05, 3.63) is 18.0 Å². The van der Waals surface area contributed by atoms with Crippen LogP contribution in [0.5, 0.6) is 0 Å². The third kappa shape index (κ3) is 1.72. The molecule has 3 heteroatoms. The van der Waals surface area contributed by atoms with Crippen LogP contribution in [0.25, 0.3) is 0 Å². The quantitative estimate of drug-likeness (QED) is 0.703. The normalized spacial score (nSPS) is 18.2. The first-order chi connectivity index (χ1) is 6.24. The zero-order chi connectivity index (χ0) is 9.31. The van der Waals surface area contributed by atoms with Gasteiger partial charge >= 0.3 is 0 Å². The molecule has 0 bridgehead atoms. The van der Waals surface area contributed by atoms with Gasteiger partial charge in [-0.25, -0.2) is 0 Å². The van der Waals surface area contributed by atoms with Crippen molar-refractivity contribution in [2.45, 2.75) is 32.7 Å². The number of hydrogen-bond donors (Lipinski definition) is 0. The maximum atomic E-state index is 8.65. The van der Waals surface area contributed by atoms with Crippen molar-refractivity contribution < 1.29 is 0 Å². The summed E-state index contributed by atoms with van der Waals surface area (Å²) in [4.78, 5) is 0. The van der Waals surface area contributed by atoms with Gasteiger partial charge in [-0.05, 0) is 25.3 Å². The Morgan fingerprint density at radius 2 is 2.46 bits per heavy atom. The number of nitrogens with zero attached hydrogens (tertiary/aromatic N) is 3. The zero-order valence-electron chi connectivity index (χ0n) is 7.82. The predicted molar refractivity (Wildman–Crippen MR) is 48.9 cm³/mol. The van der Waals surface area contributed by atoms with Gasteiger partial charge in [-0.15, -0.1) is 0 Å². The smallest absolute Gasteiger partial charge is 0.0628 e. The van der Waals surface area contributed by atoms with Crippen LogP contribution in [0.2, 0.25) is 0 Å². The van der Waals surface area contributed by atoms with E-state index in [2.05, 4.69) is 11.2 Å². The van der Waals surface area contributed by atoms with Crippen LogP contribution in [0.1, 0.15) is 24.8 Å². The maximum Gasteiger partial charge on any atom is 0.0628 e. The molecule has 68 valence electrons. The molecule has 1 aromatic rings. The molecule has 3 nitrogen and oxygen atoms in total. The molecular weight excluding hydrogens is 162 g/mol. The van der Waals surface area contributed by atoms with Crippen molar-refractivity contribution in [1.29, 1.82) is 5.26 Å². The Morgan fingerprint density at radius 1 is 1.69 bits per heavy atom. The van der Waals surface area contributed by atoms with Crippen molar-refractivity contribution in [3.8, 4) is 6.07 Å². The second-order valence-electron chi connectivity index (χ2n) is 4.05. The molecule has 0 amide bonds. The molecule has 0 atom stereocenters. The average molecular weight is 175 g/mol. The number of nitriles is 1. The molecule has 0 saturated heterocycles. The Hall–Kier alpha value is -1.30. The molecule has 1 fully saturated rings. The summed E-state index contributed by atoms with van der Waals surface area (Å²) < 4.78 is 1.96. The minimum Gasteiger partial charge on any atom is -0.272 e. The molecule has 2 rings (SSSR count). The van der Waals surface area contributed by atoms with Gasteiger partial charge in [0.1, 0.15) is 0 Å². The molecule has 0 radical (unpaired) electrons. The average Bonchev–Trinajstić information content (AvgIpc) is 2.70. The zero-order valence-corrected chi connectivity index (χ0v) is 7.82. The van der Waals surface area contributed by atoms with Crippen LogP contribution >= 0.6 is 0 Å². The molecule has 1 aliphatic rings. The summed E-state index contributed by atoms with van der Waals surface area (Å²) in [7, 11) is 0. The van der Waals surface area contributed by atoms with Gasteiger partial charge in [0.05, 0.1) is 12.3 Å². The van der Waals surface area contributed by atoms with E-state index in [1.165, 1.54) is 18.4 Å². The largest absolute Gasteiger partial charge is 0.272 e. The molecule has 0 aromatic carbocycles. The molecule has 0 spiro atoms. The lowest BCUT2D eigenvalue weighted by atomic mass is 10.0. The summed E-state index contributed by atoms with van der Waals surface area (Å²) in [6, 6.07) is 2.26. The van der Waals surface area contributed by atoms with E-state index in [0.29, 0.717) is 6.42 Å². The van der Waals surface area contributed by atoms with E-state index in [-0.39, 0.29) is 5.41 Å². The number of rotatable bonds is 3. The Bertz CT molecular complexity index is 341. The highest BCUT2D eigenvalue weighted by molar-refractivity contribution is 5.03. The van der Waals surface area contributed by atoms with Gasteiger partial charge in [0.25, 0.3) is 0 Å². The van der Waals surface area contributed by atoms with Crippen molar-refractivity contribution in [2.75, 3.05) is 0 Å². The Labute approximate surface area is 78.0 Å². The summed E-state index contributed by atoms with van der Waals surface area (Å²) in [5.41, 5.74) is 1.44. The first-order valence-corrected chi connectivity index (χ1v) is 4.60. The first kappa shape index (κ1) is 8.31. The van der Waals surface area contributed by atoms with E-state index in [9.17, 15) is 0 Å². The molecule has 13 heavy (non-hydrogen) atoms. The first-order valence-electron chi connectivity index (χ1n) is 4.60. The molecule has 1 aliphatic carbocycles. The fraction of sp³-hybridized carbons (Fsp3) is 0.600. The molecule has 1 saturated carbocycles. The van der Waals surface area contributed by atoms with Crippen LogP contribution in [-0.2, 0) is 6.54 Å². The second-order valence-corrected chi connectivity index (χ2v) is 4.05. The lowest BCUT2D eigenvalue weighted by Crippen LogP contribution is -2.11. The fourth-order valence-corrected chi connectivity index (χ4v) is 1.63. The lowest BCUT2D eigenvalue weighted by Gasteiger charge is -2.09. The van der Waals surface area contributed by atoms with Gasteiger partial charge < -0.3 is 0 Å². The minimum atomic E-state index is 0.257. The minimum absolute atomic E-state index is 0.257. The molecule has 0 unspecified atom stereocenters. The molecule has 0 aliphatic heterocycles. The highest BCUT2D eigenvalue weighted by Crippen LogP contribution is 2.49. The number of hydrogen-bond acceptors (Lipinski definition) is 2. The lowest BCUT2D eigenvalue weighted by molar-refractivity contribution is 0.404. The highest BCUT2D eigenvalue weighted by Gasteiger charge is 2.42. The Kier molecular flexibility index (Phi) is 1.84. The van der Waals surface area contributed by atoms with Crippen LogP contribution in [0.4, 0.5) is 0 Å². The second kappa shape index (κ2) is 2.88. The van der Waals surface area contributed by atoms with Crippen LogP contribution in [-0.4, -0.2) is 9.78 Å². The van der Waals surface area contributed by atoms with Gasteiger partial charge in [0, 0.05) is 24.6 Å². The molecule has 0 N–H and O–H groups in total. The van der Waals surface area contributed by atoms with Crippen molar-refractivity contribution in [3.63, 3.8) is 0 Å². The number of aromatic nitrogens is 2. The highest BCUT2D eigenvalue weighted by atomic mass is 15.3. The SMILES string of the molecule is Cc1cnn(CC2(CC#N)CC2)c1. The van der Waals surface area contributed by atoms with E-state index >= 15 is 0 Å². The van der Waals surface area contributed by atoms with Gasteiger partial charge in [-0.1, -0.05) is 0 Å². The monoisotopic (exact) mass is 175 g/mol. The molecule has 1 heterocycles. The summed E-state index contributed by atoms with van der Waals surface area (Å²) in [6.07, 6.45) is 6.94. The van der Waals surface area contributed by atoms with Crippen LogP contribution in [0.15, 0.2) is 12.4 Å². The van der Waals surface area contributed by atoms with E-state index in [1.807, 2.05) is 24.0 Å². The molecule has 1 aromatic heterocycles. The maximum absolute atomic E-state index is 8.65. The third-order valence-electron chi connectivity index (χ3n) is 2.67. The Morgan fingerprint density at radius 3 is 2.92 bits per heavy atom. The summed E-state index contributed by atoms with van der Waals surface area (Å²) in [5.74, 6) is 0. The van der Waals surface area contributed by atoms with Crippen molar-refractivity contribution in [1.82, 2.24) is 9.78 Å². The van der Waals surface area contributed by atoms with E-state index < -0.39 is 0 Å². The van der Waals surface area contributed by atoms with Gasteiger partial charge in [-0.2, -0.15) is 10.4 Å². The van der Waals surface area contributed by atoms with E-state index in [0.717, 1.165) is 6.54 Å². The van der Waals surface area contributed by atoms with Gasteiger partial charge in [0.15, 0.2) is 0 Å². The van der Waals surface area contributed by atoms with E-state index in [1.54, 1.807) is 0 Å².